The molecule has 1 aromatic rings. The third-order valence-corrected chi connectivity index (χ3v) is 3.00. The Morgan fingerprint density at radius 3 is 2.94 bits per heavy atom. The van der Waals surface area contributed by atoms with Gasteiger partial charge in [-0.1, -0.05) is 0 Å². The number of ether oxygens (including phenoxy) is 1. The van der Waals surface area contributed by atoms with Crippen LogP contribution in [0.4, 0.5) is 5.82 Å². The van der Waals surface area contributed by atoms with E-state index in [2.05, 4.69) is 28.7 Å². The zero-order valence-electron chi connectivity index (χ0n) is 9.83. The molecule has 5 heteroatoms. The second kappa shape index (κ2) is 4.18. The Hall–Kier alpha value is -0.870. The lowest BCUT2D eigenvalue weighted by atomic mass is 10.0. The van der Waals surface area contributed by atoms with E-state index in [1.54, 1.807) is 6.20 Å². The summed E-state index contributed by atoms with van der Waals surface area (Å²) in [4.78, 5) is 10.5. The summed E-state index contributed by atoms with van der Waals surface area (Å²) in [6.45, 7) is 8.54. The monoisotopic (exact) mass is 241 g/mol. The van der Waals surface area contributed by atoms with E-state index < -0.39 is 0 Å². The van der Waals surface area contributed by atoms with Crippen LogP contribution in [0.1, 0.15) is 19.4 Å². The first-order chi connectivity index (χ1) is 7.50. The van der Waals surface area contributed by atoms with Gasteiger partial charge in [-0.2, -0.15) is 0 Å². The molecule has 0 atom stereocenters. The molecule has 1 saturated heterocycles. The minimum Gasteiger partial charge on any atom is -0.377 e. The minimum atomic E-state index is -0.0549. The lowest BCUT2D eigenvalue weighted by Gasteiger charge is -2.43. The van der Waals surface area contributed by atoms with Crippen molar-refractivity contribution in [3.05, 3.63) is 17.0 Å². The number of aryl methyl sites for hydroxylation is 1. The second-order valence-electron chi connectivity index (χ2n) is 4.66. The fourth-order valence-corrected chi connectivity index (χ4v) is 2.07. The highest BCUT2D eigenvalue weighted by Gasteiger charge is 2.32. The van der Waals surface area contributed by atoms with Crippen molar-refractivity contribution in [2.75, 3.05) is 24.7 Å². The smallest absolute Gasteiger partial charge is 0.224 e. The van der Waals surface area contributed by atoms with Crippen LogP contribution in [-0.4, -0.2) is 35.3 Å². The third kappa shape index (κ3) is 2.13. The van der Waals surface area contributed by atoms with Crippen molar-refractivity contribution < 1.29 is 4.74 Å². The summed E-state index contributed by atoms with van der Waals surface area (Å²) < 4.78 is 5.49. The van der Waals surface area contributed by atoms with Gasteiger partial charge in [0, 0.05) is 18.3 Å². The SMILES string of the molecule is Cc1cnc(Cl)nc1N1CCOCC1(C)C. The van der Waals surface area contributed by atoms with Gasteiger partial charge >= 0.3 is 0 Å². The van der Waals surface area contributed by atoms with Gasteiger partial charge in [-0.15, -0.1) is 0 Å². The molecule has 0 aliphatic carbocycles. The molecule has 2 heterocycles. The summed E-state index contributed by atoms with van der Waals surface area (Å²) in [6.07, 6.45) is 1.76. The van der Waals surface area contributed by atoms with E-state index in [1.807, 2.05) is 6.92 Å². The van der Waals surface area contributed by atoms with Gasteiger partial charge in [-0.3, -0.25) is 0 Å². The molecule has 0 radical (unpaired) electrons. The highest BCUT2D eigenvalue weighted by molar-refractivity contribution is 6.28. The van der Waals surface area contributed by atoms with Crippen molar-refractivity contribution in [3.8, 4) is 0 Å². The highest BCUT2D eigenvalue weighted by atomic mass is 35.5. The molecule has 0 bridgehead atoms. The molecule has 0 saturated carbocycles. The Morgan fingerprint density at radius 2 is 2.25 bits per heavy atom. The van der Waals surface area contributed by atoms with Crippen molar-refractivity contribution in [3.63, 3.8) is 0 Å². The summed E-state index contributed by atoms with van der Waals surface area (Å²) in [5, 5.41) is 0.294. The van der Waals surface area contributed by atoms with Crippen molar-refractivity contribution in [1.29, 1.82) is 0 Å². The maximum absolute atomic E-state index is 5.85. The van der Waals surface area contributed by atoms with Crippen molar-refractivity contribution in [1.82, 2.24) is 9.97 Å². The quantitative estimate of drug-likeness (QED) is 0.706. The van der Waals surface area contributed by atoms with Crippen LogP contribution in [0.2, 0.25) is 5.28 Å². The molecule has 0 aromatic carbocycles. The number of anilines is 1. The van der Waals surface area contributed by atoms with E-state index in [0.717, 1.165) is 24.5 Å². The van der Waals surface area contributed by atoms with Crippen LogP contribution < -0.4 is 4.90 Å². The number of aromatic nitrogens is 2. The van der Waals surface area contributed by atoms with Gasteiger partial charge in [0.2, 0.25) is 5.28 Å². The van der Waals surface area contributed by atoms with E-state index in [-0.39, 0.29) is 5.54 Å². The zero-order valence-corrected chi connectivity index (χ0v) is 10.6. The number of nitrogens with zero attached hydrogens (tertiary/aromatic N) is 3. The van der Waals surface area contributed by atoms with Crippen LogP contribution in [-0.2, 0) is 4.74 Å². The number of morpholine rings is 1. The average Bonchev–Trinajstić information content (AvgIpc) is 2.22. The average molecular weight is 242 g/mol. The second-order valence-corrected chi connectivity index (χ2v) is 5.00. The van der Waals surface area contributed by atoms with Crippen LogP contribution in [0.5, 0.6) is 0 Å². The lowest BCUT2D eigenvalue weighted by molar-refractivity contribution is 0.0638. The maximum Gasteiger partial charge on any atom is 0.224 e. The van der Waals surface area contributed by atoms with E-state index in [4.69, 9.17) is 16.3 Å². The Balaban J connectivity index is 2.38. The number of rotatable bonds is 1. The van der Waals surface area contributed by atoms with Crippen molar-refractivity contribution in [2.24, 2.45) is 0 Å². The predicted molar refractivity (Wildman–Crippen MR) is 64.0 cm³/mol. The predicted octanol–water partition coefficient (Wildman–Crippen LogP) is 2.05. The van der Waals surface area contributed by atoms with E-state index in [0.29, 0.717) is 11.9 Å². The van der Waals surface area contributed by atoms with Crippen molar-refractivity contribution >= 4 is 17.4 Å². The fraction of sp³-hybridized carbons (Fsp3) is 0.636. The molecule has 1 aliphatic rings. The Bertz CT molecular complexity index is 395. The van der Waals surface area contributed by atoms with Gasteiger partial charge in [0.15, 0.2) is 0 Å². The normalized spacial score (nSPS) is 19.9. The van der Waals surface area contributed by atoms with Crippen molar-refractivity contribution in [2.45, 2.75) is 26.3 Å². The van der Waals surface area contributed by atoms with Gasteiger partial charge in [-0.25, -0.2) is 9.97 Å². The van der Waals surface area contributed by atoms with E-state index >= 15 is 0 Å². The lowest BCUT2D eigenvalue weighted by Crippen LogP contribution is -2.53. The Kier molecular flexibility index (Phi) is 3.04. The van der Waals surface area contributed by atoms with Gasteiger partial charge in [0.05, 0.1) is 18.8 Å². The first-order valence-corrected chi connectivity index (χ1v) is 5.73. The number of hydrogen-bond donors (Lipinski definition) is 0. The summed E-state index contributed by atoms with van der Waals surface area (Å²) in [5.41, 5.74) is 0.986. The minimum absolute atomic E-state index is 0.0549. The Morgan fingerprint density at radius 1 is 1.50 bits per heavy atom. The molecule has 2 rings (SSSR count). The van der Waals surface area contributed by atoms with E-state index in [1.165, 1.54) is 0 Å². The molecule has 1 aliphatic heterocycles. The molecule has 4 nitrogen and oxygen atoms in total. The molecule has 0 unspecified atom stereocenters. The van der Waals surface area contributed by atoms with Gasteiger partial charge in [0.1, 0.15) is 5.82 Å². The fourth-order valence-electron chi connectivity index (χ4n) is 1.94. The zero-order chi connectivity index (χ0) is 11.8. The molecule has 88 valence electrons. The first-order valence-electron chi connectivity index (χ1n) is 5.35. The molecule has 16 heavy (non-hydrogen) atoms. The number of hydrogen-bond acceptors (Lipinski definition) is 4. The number of halogens is 1. The largest absolute Gasteiger partial charge is 0.377 e. The van der Waals surface area contributed by atoms with E-state index in [9.17, 15) is 0 Å². The molecule has 0 amide bonds. The van der Waals surface area contributed by atoms with Crippen LogP contribution in [0.15, 0.2) is 6.20 Å². The molecule has 0 N–H and O–H groups in total. The summed E-state index contributed by atoms with van der Waals surface area (Å²) in [5.74, 6) is 0.910. The van der Waals surface area contributed by atoms with Gasteiger partial charge in [0.25, 0.3) is 0 Å². The van der Waals surface area contributed by atoms with Crippen LogP contribution >= 0.6 is 11.6 Å². The highest BCUT2D eigenvalue weighted by Crippen LogP contribution is 2.28. The topological polar surface area (TPSA) is 38.2 Å². The molecular weight excluding hydrogens is 226 g/mol. The molecule has 1 fully saturated rings. The molecule has 1 aromatic heterocycles. The Labute approximate surface area is 101 Å². The third-order valence-electron chi connectivity index (χ3n) is 2.82. The summed E-state index contributed by atoms with van der Waals surface area (Å²) >= 11 is 5.85. The standard InChI is InChI=1S/C11H16ClN3O/c1-8-6-13-10(12)14-9(8)15-4-5-16-7-11(15,2)3/h6H,4-5,7H2,1-3H3. The van der Waals surface area contributed by atoms with Crippen LogP contribution in [0.3, 0.4) is 0 Å². The maximum atomic E-state index is 5.85. The molecular formula is C11H16ClN3O. The summed E-state index contributed by atoms with van der Waals surface area (Å²) in [7, 11) is 0. The van der Waals surface area contributed by atoms with Crippen LogP contribution in [0.25, 0.3) is 0 Å². The summed E-state index contributed by atoms with van der Waals surface area (Å²) in [6, 6.07) is 0. The van der Waals surface area contributed by atoms with Gasteiger partial charge < -0.3 is 9.64 Å². The first kappa shape index (κ1) is 11.6. The van der Waals surface area contributed by atoms with Gasteiger partial charge in [-0.05, 0) is 32.4 Å². The van der Waals surface area contributed by atoms with Crippen LogP contribution in [0, 0.1) is 6.92 Å². The molecule has 0 spiro atoms.